The number of hydrogen-bond donors (Lipinski definition) is 0. The minimum absolute atomic E-state index is 0.0562. The summed E-state index contributed by atoms with van der Waals surface area (Å²) in [5.74, 6) is 0.756. The van der Waals surface area contributed by atoms with E-state index >= 15 is 0 Å². The summed E-state index contributed by atoms with van der Waals surface area (Å²) < 4.78 is 4.49. The third-order valence-electron chi connectivity index (χ3n) is 4.20. The minimum Gasteiger partial charge on any atom is -0.269 e. The molecule has 0 bridgehead atoms. The van der Waals surface area contributed by atoms with E-state index in [0.717, 1.165) is 35.4 Å². The maximum Gasteiger partial charge on any atom is 0.270 e. The van der Waals surface area contributed by atoms with Gasteiger partial charge in [0.05, 0.1) is 20.0 Å². The molecule has 0 atom stereocenters. The minimum atomic E-state index is -0.399. The van der Waals surface area contributed by atoms with Crippen molar-refractivity contribution >= 4 is 66.3 Å². The fourth-order valence-electron chi connectivity index (χ4n) is 2.85. The Hall–Kier alpha value is -2.60. The van der Waals surface area contributed by atoms with Crippen molar-refractivity contribution in [1.29, 1.82) is 0 Å². The molecule has 0 aliphatic rings. The first-order chi connectivity index (χ1) is 14.6. The number of thiazole rings is 1. The number of aromatic nitrogens is 4. The maximum absolute atomic E-state index is 11.0. The Kier molecular flexibility index (Phi) is 5.11. The number of halogens is 1. The SMILES string of the molecule is O=[N+]([O-])c1ccc2nc(Sc3nnc(-c4cccs4)n3-c3ccc(Br)cc3)sc2c1. The molecule has 0 spiro atoms. The van der Waals surface area contributed by atoms with Crippen LogP contribution in [-0.2, 0) is 0 Å². The van der Waals surface area contributed by atoms with Crippen LogP contribution in [0.25, 0.3) is 26.6 Å². The summed E-state index contributed by atoms with van der Waals surface area (Å²) in [6.45, 7) is 0. The Morgan fingerprint density at radius 2 is 1.93 bits per heavy atom. The van der Waals surface area contributed by atoms with Gasteiger partial charge in [-0.15, -0.1) is 32.9 Å². The van der Waals surface area contributed by atoms with Crippen LogP contribution in [-0.4, -0.2) is 24.7 Å². The van der Waals surface area contributed by atoms with E-state index in [2.05, 4.69) is 31.1 Å². The summed E-state index contributed by atoms with van der Waals surface area (Å²) in [7, 11) is 0. The highest BCUT2D eigenvalue weighted by Crippen LogP contribution is 2.38. The second-order valence-electron chi connectivity index (χ2n) is 6.09. The highest BCUT2D eigenvalue weighted by atomic mass is 79.9. The maximum atomic E-state index is 11.0. The smallest absolute Gasteiger partial charge is 0.269 e. The third-order valence-corrected chi connectivity index (χ3v) is 7.62. The van der Waals surface area contributed by atoms with E-state index in [4.69, 9.17) is 0 Å². The number of hydrogen-bond acceptors (Lipinski definition) is 8. The van der Waals surface area contributed by atoms with E-state index < -0.39 is 4.92 Å². The predicted octanol–water partition coefficient (Wildman–Crippen LogP) is 6.43. The number of thiophene rings is 1. The fourth-order valence-corrected chi connectivity index (χ4v) is 5.87. The number of nitrogens with zero attached hydrogens (tertiary/aromatic N) is 5. The van der Waals surface area contributed by atoms with Crippen LogP contribution in [0.15, 0.2) is 73.9 Å². The van der Waals surface area contributed by atoms with Crippen LogP contribution < -0.4 is 0 Å². The highest BCUT2D eigenvalue weighted by Gasteiger charge is 2.19. The summed E-state index contributed by atoms with van der Waals surface area (Å²) in [4.78, 5) is 16.3. The van der Waals surface area contributed by atoms with Crippen LogP contribution in [0.1, 0.15) is 0 Å². The lowest BCUT2D eigenvalue weighted by molar-refractivity contribution is -0.384. The number of non-ortho nitro benzene ring substituents is 1. The molecule has 3 aromatic heterocycles. The number of benzene rings is 2. The van der Waals surface area contributed by atoms with Gasteiger partial charge in [0.1, 0.15) is 0 Å². The zero-order valence-electron chi connectivity index (χ0n) is 14.9. The van der Waals surface area contributed by atoms with Gasteiger partial charge in [-0.3, -0.25) is 14.7 Å². The van der Waals surface area contributed by atoms with Crippen molar-refractivity contribution in [2.24, 2.45) is 0 Å². The van der Waals surface area contributed by atoms with Gasteiger partial charge in [-0.2, -0.15) is 0 Å². The molecular formula is C19H10BrN5O2S3. The largest absolute Gasteiger partial charge is 0.270 e. The molecule has 7 nitrogen and oxygen atoms in total. The summed E-state index contributed by atoms with van der Waals surface area (Å²) in [5.41, 5.74) is 1.72. The number of rotatable bonds is 5. The first-order valence-electron chi connectivity index (χ1n) is 8.56. The quantitative estimate of drug-likeness (QED) is 0.198. The van der Waals surface area contributed by atoms with Gasteiger partial charge in [-0.25, -0.2) is 4.98 Å². The monoisotopic (exact) mass is 515 g/mol. The molecule has 148 valence electrons. The zero-order valence-corrected chi connectivity index (χ0v) is 19.0. The van der Waals surface area contributed by atoms with Crippen LogP contribution in [0.3, 0.4) is 0 Å². The van der Waals surface area contributed by atoms with E-state index in [9.17, 15) is 10.1 Å². The Bertz CT molecular complexity index is 1360. The fraction of sp³-hybridized carbons (Fsp3) is 0. The Morgan fingerprint density at radius 1 is 1.10 bits per heavy atom. The Labute approximate surface area is 190 Å². The van der Waals surface area contributed by atoms with Gasteiger partial charge in [0.2, 0.25) is 5.16 Å². The second kappa shape index (κ2) is 7.91. The molecule has 5 rings (SSSR count). The summed E-state index contributed by atoms with van der Waals surface area (Å²) in [6.07, 6.45) is 0. The molecule has 3 heterocycles. The van der Waals surface area contributed by atoms with Crippen LogP contribution in [0, 0.1) is 10.1 Å². The van der Waals surface area contributed by atoms with Crippen molar-refractivity contribution in [3.05, 3.63) is 74.6 Å². The molecule has 2 aromatic carbocycles. The van der Waals surface area contributed by atoms with E-state index in [1.54, 1.807) is 23.5 Å². The molecule has 0 saturated heterocycles. The zero-order chi connectivity index (χ0) is 20.7. The molecule has 0 saturated carbocycles. The van der Waals surface area contributed by atoms with E-state index in [1.807, 2.05) is 46.3 Å². The summed E-state index contributed by atoms with van der Waals surface area (Å²) >= 11 is 7.86. The molecular weight excluding hydrogens is 506 g/mol. The summed E-state index contributed by atoms with van der Waals surface area (Å²) in [5, 5.41) is 22.6. The van der Waals surface area contributed by atoms with E-state index in [0.29, 0.717) is 5.16 Å². The first-order valence-corrected chi connectivity index (χ1v) is 11.9. The third kappa shape index (κ3) is 3.65. The standard InChI is InChI=1S/C19H10BrN5O2S3/c20-11-3-5-12(6-4-11)24-17(15-2-1-9-28-15)22-23-18(24)30-19-21-14-8-7-13(25(26)27)10-16(14)29-19/h1-10H. The Morgan fingerprint density at radius 3 is 2.67 bits per heavy atom. The normalized spacial score (nSPS) is 11.2. The van der Waals surface area contributed by atoms with Crippen LogP contribution in [0.4, 0.5) is 5.69 Å². The van der Waals surface area contributed by atoms with E-state index in [-0.39, 0.29) is 5.69 Å². The van der Waals surface area contributed by atoms with Crippen molar-refractivity contribution in [2.75, 3.05) is 0 Å². The van der Waals surface area contributed by atoms with Gasteiger partial charge in [0.15, 0.2) is 10.2 Å². The molecule has 0 aliphatic carbocycles. The van der Waals surface area contributed by atoms with Crippen LogP contribution in [0.5, 0.6) is 0 Å². The van der Waals surface area contributed by atoms with Gasteiger partial charge < -0.3 is 0 Å². The highest BCUT2D eigenvalue weighted by molar-refractivity contribution is 9.10. The number of nitro groups is 1. The molecule has 30 heavy (non-hydrogen) atoms. The first kappa shape index (κ1) is 19.4. The molecule has 0 amide bonds. The average Bonchev–Trinajstić information content (AvgIpc) is 3.47. The number of nitro benzene ring substituents is 1. The van der Waals surface area contributed by atoms with Gasteiger partial charge in [0, 0.05) is 22.3 Å². The van der Waals surface area contributed by atoms with Crippen molar-refractivity contribution in [3.63, 3.8) is 0 Å². The molecule has 0 unspecified atom stereocenters. The van der Waals surface area contributed by atoms with Gasteiger partial charge >= 0.3 is 0 Å². The molecule has 5 aromatic rings. The number of fused-ring (bicyclic) bond motifs is 1. The predicted molar refractivity (Wildman–Crippen MR) is 123 cm³/mol. The van der Waals surface area contributed by atoms with Gasteiger partial charge in [-0.05, 0) is 53.5 Å². The van der Waals surface area contributed by atoms with E-state index in [1.165, 1.54) is 29.2 Å². The Balaban J connectivity index is 1.58. The van der Waals surface area contributed by atoms with Crippen molar-refractivity contribution < 1.29 is 4.92 Å². The van der Waals surface area contributed by atoms with Crippen molar-refractivity contribution in [1.82, 2.24) is 19.7 Å². The lowest BCUT2D eigenvalue weighted by Crippen LogP contribution is -1.98. The molecule has 0 fully saturated rings. The lowest BCUT2D eigenvalue weighted by atomic mass is 10.3. The average molecular weight is 516 g/mol. The van der Waals surface area contributed by atoms with Crippen molar-refractivity contribution in [3.8, 4) is 16.4 Å². The molecule has 11 heteroatoms. The van der Waals surface area contributed by atoms with Crippen LogP contribution >= 0.6 is 50.4 Å². The molecule has 0 N–H and O–H groups in total. The van der Waals surface area contributed by atoms with Crippen LogP contribution in [0.2, 0.25) is 0 Å². The van der Waals surface area contributed by atoms with Gasteiger partial charge in [-0.1, -0.05) is 22.0 Å². The second-order valence-corrected chi connectivity index (χ2v) is 10.2. The molecule has 0 aliphatic heterocycles. The summed E-state index contributed by atoms with van der Waals surface area (Å²) in [6, 6.07) is 16.6. The van der Waals surface area contributed by atoms with Gasteiger partial charge in [0.25, 0.3) is 5.69 Å². The topological polar surface area (TPSA) is 86.7 Å². The molecule has 0 radical (unpaired) electrons. The van der Waals surface area contributed by atoms with Crippen molar-refractivity contribution in [2.45, 2.75) is 9.50 Å². The lowest BCUT2D eigenvalue weighted by Gasteiger charge is -2.08.